The Hall–Kier alpha value is -2.75. The summed E-state index contributed by atoms with van der Waals surface area (Å²) in [4.78, 5) is 4.48. The van der Waals surface area contributed by atoms with Crippen LogP contribution in [0.1, 0.15) is 38.3 Å². The van der Waals surface area contributed by atoms with E-state index >= 15 is 0 Å². The van der Waals surface area contributed by atoms with Gasteiger partial charge in [0.05, 0.1) is 19.4 Å². The smallest absolute Gasteiger partial charge is 0.128 e. The molecule has 2 aromatic carbocycles. The molecule has 0 spiro atoms. The Morgan fingerprint density at radius 3 is 2.58 bits per heavy atom. The maximum Gasteiger partial charge on any atom is 0.128 e. The van der Waals surface area contributed by atoms with Gasteiger partial charge in [-0.1, -0.05) is 32.9 Å². The van der Waals surface area contributed by atoms with Crippen LogP contribution in [0.2, 0.25) is 0 Å². The topological polar surface area (TPSA) is 51.0 Å². The van der Waals surface area contributed by atoms with E-state index in [9.17, 15) is 5.11 Å². The molecule has 1 N–H and O–H groups in total. The summed E-state index contributed by atoms with van der Waals surface area (Å²) in [5.41, 5.74) is 1.98. The minimum absolute atomic E-state index is 0.208. The average molecular weight is 353 g/mol. The molecular weight excluding hydrogens is 326 g/mol. The van der Waals surface area contributed by atoms with E-state index in [1.165, 1.54) is 0 Å². The SMILES string of the molecule is C=CCCOc1cccc(N=Cc2cc(OC)cc(C(C)(C)C)c2O)c1. The standard InChI is InChI=1S/C22H27NO3/c1-6-7-11-26-18-10-8-9-17(13-18)23-15-16-12-19(25-5)14-20(21(16)24)22(2,3)4/h6,8-10,12-15,24H,1,7,11H2,2-5H3. The summed E-state index contributed by atoms with van der Waals surface area (Å²) in [5.74, 6) is 1.67. The van der Waals surface area contributed by atoms with E-state index in [1.54, 1.807) is 19.4 Å². The largest absolute Gasteiger partial charge is 0.507 e. The van der Waals surface area contributed by atoms with Gasteiger partial charge in [0.1, 0.15) is 17.2 Å². The molecule has 138 valence electrons. The number of hydrogen-bond acceptors (Lipinski definition) is 4. The second kappa shape index (κ2) is 8.56. The van der Waals surface area contributed by atoms with Crippen molar-refractivity contribution in [2.75, 3.05) is 13.7 Å². The van der Waals surface area contributed by atoms with Crippen molar-refractivity contribution in [2.45, 2.75) is 32.6 Å². The molecule has 2 aromatic rings. The van der Waals surface area contributed by atoms with Gasteiger partial charge in [-0.15, -0.1) is 6.58 Å². The van der Waals surface area contributed by atoms with Crippen molar-refractivity contribution >= 4 is 11.9 Å². The van der Waals surface area contributed by atoms with Crippen LogP contribution >= 0.6 is 0 Å². The molecule has 0 bridgehead atoms. The molecule has 0 heterocycles. The van der Waals surface area contributed by atoms with Gasteiger partial charge in [-0.25, -0.2) is 0 Å². The van der Waals surface area contributed by atoms with Gasteiger partial charge in [0, 0.05) is 23.4 Å². The van der Waals surface area contributed by atoms with Crippen LogP contribution in [0.5, 0.6) is 17.2 Å². The first kappa shape index (κ1) is 19.6. The van der Waals surface area contributed by atoms with Crippen molar-refractivity contribution in [3.05, 3.63) is 60.2 Å². The molecule has 4 nitrogen and oxygen atoms in total. The number of aliphatic imine (C=N–C) groups is 1. The molecule has 0 saturated carbocycles. The first-order valence-corrected chi connectivity index (χ1v) is 8.64. The van der Waals surface area contributed by atoms with Gasteiger partial charge in [-0.3, -0.25) is 4.99 Å². The summed E-state index contributed by atoms with van der Waals surface area (Å²) >= 11 is 0. The van der Waals surface area contributed by atoms with E-state index in [0.717, 1.165) is 23.4 Å². The van der Waals surface area contributed by atoms with Crippen LogP contribution in [-0.4, -0.2) is 25.0 Å². The number of methoxy groups -OCH3 is 1. The van der Waals surface area contributed by atoms with E-state index in [0.29, 0.717) is 17.9 Å². The molecule has 4 heteroatoms. The number of hydrogen-bond donors (Lipinski definition) is 1. The van der Waals surface area contributed by atoms with Crippen LogP contribution in [-0.2, 0) is 5.41 Å². The minimum atomic E-state index is -0.208. The third-order valence-electron chi connectivity index (χ3n) is 3.92. The Bertz CT molecular complexity index is 788. The molecule has 0 aliphatic rings. The van der Waals surface area contributed by atoms with Crippen molar-refractivity contribution in [3.63, 3.8) is 0 Å². The first-order valence-electron chi connectivity index (χ1n) is 8.64. The molecule has 26 heavy (non-hydrogen) atoms. The Balaban J connectivity index is 2.30. The van der Waals surface area contributed by atoms with Gasteiger partial charge in [-0.2, -0.15) is 0 Å². The van der Waals surface area contributed by atoms with Gasteiger partial charge in [0.15, 0.2) is 0 Å². The zero-order valence-electron chi connectivity index (χ0n) is 16.0. The van der Waals surface area contributed by atoms with Crippen LogP contribution in [0.15, 0.2) is 54.0 Å². The van der Waals surface area contributed by atoms with Gasteiger partial charge < -0.3 is 14.6 Å². The monoisotopic (exact) mass is 353 g/mol. The predicted molar refractivity (Wildman–Crippen MR) is 107 cm³/mol. The van der Waals surface area contributed by atoms with Crippen LogP contribution in [0, 0.1) is 0 Å². The molecular formula is C22H27NO3. The molecule has 0 radical (unpaired) electrons. The van der Waals surface area contributed by atoms with E-state index in [2.05, 4.69) is 11.6 Å². The van der Waals surface area contributed by atoms with E-state index in [1.807, 2.05) is 57.2 Å². The highest BCUT2D eigenvalue weighted by molar-refractivity contribution is 5.87. The van der Waals surface area contributed by atoms with Crippen molar-refractivity contribution < 1.29 is 14.6 Å². The predicted octanol–water partition coefficient (Wildman–Crippen LogP) is 5.40. The number of nitrogens with zero attached hydrogens (tertiary/aromatic N) is 1. The normalized spacial score (nSPS) is 11.5. The zero-order chi connectivity index (χ0) is 19.2. The Morgan fingerprint density at radius 2 is 1.92 bits per heavy atom. The number of rotatable bonds is 7. The Morgan fingerprint density at radius 1 is 1.15 bits per heavy atom. The first-order chi connectivity index (χ1) is 12.3. The third-order valence-corrected chi connectivity index (χ3v) is 3.92. The van der Waals surface area contributed by atoms with Crippen molar-refractivity contribution in [1.82, 2.24) is 0 Å². The number of aromatic hydroxyl groups is 1. The van der Waals surface area contributed by atoms with Gasteiger partial charge in [0.25, 0.3) is 0 Å². The highest BCUT2D eigenvalue weighted by Gasteiger charge is 2.21. The third kappa shape index (κ3) is 5.12. The Kier molecular flexibility index (Phi) is 6.45. The highest BCUT2D eigenvalue weighted by Crippen LogP contribution is 2.36. The molecule has 0 aliphatic carbocycles. The molecule has 0 saturated heterocycles. The molecule has 0 aliphatic heterocycles. The second-order valence-corrected chi connectivity index (χ2v) is 7.04. The summed E-state index contributed by atoms with van der Waals surface area (Å²) in [6.07, 6.45) is 4.26. The fourth-order valence-corrected chi connectivity index (χ4v) is 2.48. The molecule has 2 rings (SSSR count). The Labute approximate surface area is 155 Å². The molecule has 0 aromatic heterocycles. The van der Waals surface area contributed by atoms with Crippen LogP contribution in [0.3, 0.4) is 0 Å². The number of phenols is 1. The minimum Gasteiger partial charge on any atom is -0.507 e. The van der Waals surface area contributed by atoms with Crippen LogP contribution in [0.4, 0.5) is 5.69 Å². The fourth-order valence-electron chi connectivity index (χ4n) is 2.48. The average Bonchev–Trinajstić information content (AvgIpc) is 2.60. The van der Waals surface area contributed by atoms with Gasteiger partial charge >= 0.3 is 0 Å². The van der Waals surface area contributed by atoms with Gasteiger partial charge in [-0.05, 0) is 36.1 Å². The lowest BCUT2D eigenvalue weighted by molar-refractivity contribution is 0.325. The van der Waals surface area contributed by atoms with Crippen LogP contribution < -0.4 is 9.47 Å². The highest BCUT2D eigenvalue weighted by atomic mass is 16.5. The van der Waals surface area contributed by atoms with E-state index in [4.69, 9.17) is 9.47 Å². The zero-order valence-corrected chi connectivity index (χ0v) is 16.0. The summed E-state index contributed by atoms with van der Waals surface area (Å²) in [5, 5.41) is 10.6. The molecule has 0 unspecified atom stereocenters. The lowest BCUT2D eigenvalue weighted by Gasteiger charge is -2.22. The summed E-state index contributed by atoms with van der Waals surface area (Å²) in [7, 11) is 1.61. The number of phenolic OH excluding ortho intramolecular Hbond substituents is 1. The fraction of sp³-hybridized carbons (Fsp3) is 0.318. The maximum atomic E-state index is 10.6. The van der Waals surface area contributed by atoms with Gasteiger partial charge in [0.2, 0.25) is 0 Å². The van der Waals surface area contributed by atoms with E-state index in [-0.39, 0.29) is 11.2 Å². The summed E-state index contributed by atoms with van der Waals surface area (Å²) in [6.45, 7) is 10.4. The second-order valence-electron chi connectivity index (χ2n) is 7.04. The summed E-state index contributed by atoms with van der Waals surface area (Å²) < 4.78 is 11.0. The lowest BCUT2D eigenvalue weighted by Crippen LogP contribution is -2.12. The summed E-state index contributed by atoms with van der Waals surface area (Å²) in [6, 6.07) is 11.2. The van der Waals surface area contributed by atoms with E-state index < -0.39 is 0 Å². The van der Waals surface area contributed by atoms with Crippen molar-refractivity contribution in [3.8, 4) is 17.2 Å². The number of benzene rings is 2. The maximum absolute atomic E-state index is 10.6. The lowest BCUT2D eigenvalue weighted by atomic mass is 9.85. The van der Waals surface area contributed by atoms with Crippen LogP contribution in [0.25, 0.3) is 0 Å². The molecule has 0 amide bonds. The number of ether oxygens (including phenoxy) is 2. The molecule has 0 atom stereocenters. The van der Waals surface area contributed by atoms with Crippen molar-refractivity contribution in [1.29, 1.82) is 0 Å². The van der Waals surface area contributed by atoms with Crippen molar-refractivity contribution in [2.24, 2.45) is 4.99 Å². The quantitative estimate of drug-likeness (QED) is 0.412. The molecule has 0 fully saturated rings.